The van der Waals surface area contributed by atoms with Crippen molar-refractivity contribution < 1.29 is 14.3 Å². The van der Waals surface area contributed by atoms with Crippen molar-refractivity contribution in [2.24, 2.45) is 0 Å². The summed E-state index contributed by atoms with van der Waals surface area (Å²) in [5.41, 5.74) is 4.18. The highest BCUT2D eigenvalue weighted by Crippen LogP contribution is 2.38. The molecule has 11 heteroatoms. The molecule has 0 bridgehead atoms. The van der Waals surface area contributed by atoms with E-state index in [-0.39, 0.29) is 23.1 Å². The van der Waals surface area contributed by atoms with E-state index >= 15 is 0 Å². The Bertz CT molecular complexity index is 1900. The van der Waals surface area contributed by atoms with Gasteiger partial charge in [0.2, 0.25) is 5.43 Å². The number of amides is 1. The van der Waals surface area contributed by atoms with Crippen LogP contribution >= 0.6 is 23.1 Å². The molecule has 2 aliphatic rings. The number of hydrogen-bond donors (Lipinski definition) is 1. The first-order valence-corrected chi connectivity index (χ1v) is 16.7. The van der Waals surface area contributed by atoms with Gasteiger partial charge in [-0.3, -0.25) is 9.59 Å². The van der Waals surface area contributed by atoms with Crippen molar-refractivity contribution in [3.8, 4) is 16.9 Å². The number of benzene rings is 1. The van der Waals surface area contributed by atoms with Gasteiger partial charge < -0.3 is 23.9 Å². The SMILES string of the molecule is CN(C)C(=O)c1cc2cnc(Cc3ccc(-c4csc5c(=O)cc(N6CCSCC6)oc45)cc3O)nc2n1C1CCCC1. The molecule has 2 fully saturated rings. The summed E-state index contributed by atoms with van der Waals surface area (Å²) in [7, 11) is 3.53. The molecule has 7 rings (SSSR count). The zero-order chi connectivity index (χ0) is 29.7. The van der Waals surface area contributed by atoms with Crippen molar-refractivity contribution >= 4 is 56.2 Å². The van der Waals surface area contributed by atoms with Gasteiger partial charge in [0, 0.05) is 85.3 Å². The average Bonchev–Trinajstić information content (AvgIpc) is 3.77. The molecule has 1 aliphatic carbocycles. The molecule has 9 nitrogen and oxygen atoms in total. The van der Waals surface area contributed by atoms with E-state index in [1.807, 2.05) is 35.3 Å². The fourth-order valence-corrected chi connectivity index (χ4v) is 7.99. The summed E-state index contributed by atoms with van der Waals surface area (Å²) in [4.78, 5) is 39.2. The van der Waals surface area contributed by atoms with Crippen LogP contribution in [-0.4, -0.2) is 69.1 Å². The van der Waals surface area contributed by atoms with E-state index in [1.165, 1.54) is 11.3 Å². The minimum Gasteiger partial charge on any atom is -0.508 e. The number of carbonyl (C=O) groups excluding carboxylic acids is 1. The molecule has 0 unspecified atom stereocenters. The van der Waals surface area contributed by atoms with Gasteiger partial charge in [-0.1, -0.05) is 25.0 Å². The smallest absolute Gasteiger partial charge is 0.270 e. The third kappa shape index (κ3) is 5.18. The predicted octanol–water partition coefficient (Wildman–Crippen LogP) is 5.93. The molecule has 0 spiro atoms. The number of anilines is 1. The van der Waals surface area contributed by atoms with Gasteiger partial charge in [-0.15, -0.1) is 11.3 Å². The predicted molar refractivity (Wildman–Crippen MR) is 173 cm³/mol. The standard InChI is InChI=1S/C32H33N5O4S2/c1-35(2)32(40)24-13-21-17-33-27(34-31(21)37(24)22-5-3-4-6-22)15-20-8-7-19(14-25(20)38)23-18-43-30-26(39)16-28(41-29(23)30)36-9-11-42-12-10-36/h7-8,13-14,16-18,22,38H,3-6,9-12,15H2,1-2H3. The fraction of sp³-hybridized carbons (Fsp3) is 0.375. The Labute approximate surface area is 257 Å². The number of thioether (sulfide) groups is 1. The molecule has 1 N–H and O–H groups in total. The Morgan fingerprint density at radius 1 is 1.14 bits per heavy atom. The highest BCUT2D eigenvalue weighted by atomic mass is 32.2. The lowest BCUT2D eigenvalue weighted by Crippen LogP contribution is -2.32. The fourth-order valence-electron chi connectivity index (χ4n) is 6.17. The first-order valence-electron chi connectivity index (χ1n) is 14.7. The molecule has 1 aromatic carbocycles. The Kier molecular flexibility index (Phi) is 7.38. The molecule has 5 aromatic rings. The molecule has 1 amide bonds. The van der Waals surface area contributed by atoms with Gasteiger partial charge in [0.05, 0.1) is 0 Å². The van der Waals surface area contributed by atoms with E-state index in [0.717, 1.165) is 72.4 Å². The van der Waals surface area contributed by atoms with Crippen molar-refractivity contribution in [2.45, 2.75) is 38.1 Å². The summed E-state index contributed by atoms with van der Waals surface area (Å²) >= 11 is 3.27. The molecule has 1 aliphatic heterocycles. The highest BCUT2D eigenvalue weighted by Gasteiger charge is 2.27. The van der Waals surface area contributed by atoms with Crippen LogP contribution in [0.15, 0.2) is 51.1 Å². The molecule has 4 aromatic heterocycles. The van der Waals surface area contributed by atoms with Crippen molar-refractivity contribution in [2.75, 3.05) is 43.6 Å². The maximum atomic E-state index is 13.0. The summed E-state index contributed by atoms with van der Waals surface area (Å²) in [6, 6.07) is 9.26. The summed E-state index contributed by atoms with van der Waals surface area (Å²) in [6.45, 7) is 1.70. The minimum absolute atomic E-state index is 0.0430. The number of fused-ring (bicyclic) bond motifs is 2. The number of rotatable bonds is 6. The number of phenolic OH excluding ortho intramolecular Hbond substituents is 1. The summed E-state index contributed by atoms with van der Waals surface area (Å²) in [5, 5.41) is 13.9. The van der Waals surface area contributed by atoms with Crippen molar-refractivity contribution in [1.82, 2.24) is 19.4 Å². The van der Waals surface area contributed by atoms with Crippen LogP contribution in [0.2, 0.25) is 0 Å². The van der Waals surface area contributed by atoms with Gasteiger partial charge in [-0.2, -0.15) is 11.8 Å². The Balaban J connectivity index is 1.21. The van der Waals surface area contributed by atoms with E-state index in [1.54, 1.807) is 37.3 Å². The van der Waals surface area contributed by atoms with Gasteiger partial charge in [0.15, 0.2) is 11.5 Å². The van der Waals surface area contributed by atoms with Crippen molar-refractivity contribution in [3.63, 3.8) is 0 Å². The minimum atomic E-state index is -0.0445. The second-order valence-corrected chi connectivity index (χ2v) is 13.6. The number of thiophene rings is 1. The van der Waals surface area contributed by atoms with E-state index in [0.29, 0.717) is 39.7 Å². The first kappa shape index (κ1) is 28.0. The Hall–Kier alpha value is -3.83. The van der Waals surface area contributed by atoms with Crippen LogP contribution in [0, 0.1) is 0 Å². The number of nitrogens with zero attached hydrogens (tertiary/aromatic N) is 5. The summed E-state index contributed by atoms with van der Waals surface area (Å²) in [5.74, 6) is 3.27. The largest absolute Gasteiger partial charge is 0.508 e. The lowest BCUT2D eigenvalue weighted by Gasteiger charge is -2.26. The van der Waals surface area contributed by atoms with E-state index in [2.05, 4.69) is 14.5 Å². The molecular weight excluding hydrogens is 583 g/mol. The Morgan fingerprint density at radius 3 is 2.67 bits per heavy atom. The van der Waals surface area contributed by atoms with E-state index in [9.17, 15) is 14.7 Å². The summed E-state index contributed by atoms with van der Waals surface area (Å²) < 4.78 is 8.98. The second-order valence-electron chi connectivity index (χ2n) is 11.5. The molecule has 43 heavy (non-hydrogen) atoms. The molecule has 1 saturated carbocycles. The normalized spacial score (nSPS) is 16.0. The lowest BCUT2D eigenvalue weighted by atomic mass is 10.0. The van der Waals surface area contributed by atoms with E-state index in [4.69, 9.17) is 9.40 Å². The highest BCUT2D eigenvalue weighted by molar-refractivity contribution is 7.99. The van der Waals surface area contributed by atoms with Gasteiger partial charge in [0.25, 0.3) is 5.91 Å². The molecule has 5 heterocycles. The molecule has 0 radical (unpaired) electrons. The van der Waals surface area contributed by atoms with E-state index < -0.39 is 0 Å². The van der Waals surface area contributed by atoms with Crippen LogP contribution in [0.1, 0.15) is 53.6 Å². The van der Waals surface area contributed by atoms with Crippen LogP contribution in [0.25, 0.3) is 32.4 Å². The molecule has 1 saturated heterocycles. The van der Waals surface area contributed by atoms with Gasteiger partial charge in [-0.05, 0) is 30.5 Å². The molecule has 0 atom stereocenters. The third-order valence-corrected chi connectivity index (χ3v) is 10.4. The van der Waals surface area contributed by atoms with Crippen LogP contribution in [0.3, 0.4) is 0 Å². The number of carbonyl (C=O) groups is 1. The Morgan fingerprint density at radius 2 is 1.93 bits per heavy atom. The van der Waals surface area contributed by atoms with Gasteiger partial charge in [0.1, 0.15) is 27.6 Å². The zero-order valence-corrected chi connectivity index (χ0v) is 25.8. The number of phenols is 1. The van der Waals surface area contributed by atoms with Gasteiger partial charge in [-0.25, -0.2) is 9.97 Å². The quantitative estimate of drug-likeness (QED) is 0.251. The van der Waals surface area contributed by atoms with Crippen LogP contribution in [-0.2, 0) is 6.42 Å². The topological polar surface area (TPSA) is 105 Å². The zero-order valence-electron chi connectivity index (χ0n) is 24.2. The number of hydrogen-bond acceptors (Lipinski definition) is 9. The van der Waals surface area contributed by atoms with Crippen LogP contribution in [0.5, 0.6) is 5.75 Å². The molecule has 222 valence electrons. The van der Waals surface area contributed by atoms with Crippen molar-refractivity contribution in [3.05, 3.63) is 69.2 Å². The van der Waals surface area contributed by atoms with Gasteiger partial charge >= 0.3 is 0 Å². The number of aromatic hydroxyl groups is 1. The monoisotopic (exact) mass is 615 g/mol. The lowest BCUT2D eigenvalue weighted by molar-refractivity contribution is 0.0815. The van der Waals surface area contributed by atoms with Crippen LogP contribution in [0.4, 0.5) is 5.88 Å². The maximum Gasteiger partial charge on any atom is 0.270 e. The molecular formula is C32H33N5O4S2. The maximum absolute atomic E-state index is 13.0. The third-order valence-electron chi connectivity index (χ3n) is 8.44. The first-order chi connectivity index (χ1) is 20.9. The van der Waals surface area contributed by atoms with Crippen molar-refractivity contribution in [1.29, 1.82) is 0 Å². The average molecular weight is 616 g/mol. The number of aromatic nitrogens is 3. The summed E-state index contributed by atoms with van der Waals surface area (Å²) in [6.07, 6.45) is 6.44. The van der Waals surface area contributed by atoms with Crippen LogP contribution < -0.4 is 10.3 Å². The second kappa shape index (κ2) is 11.3.